The van der Waals surface area contributed by atoms with Gasteiger partial charge in [-0.15, -0.1) is 0 Å². The zero-order chi connectivity index (χ0) is 17.7. The van der Waals surface area contributed by atoms with Gasteiger partial charge in [0.25, 0.3) is 0 Å². The van der Waals surface area contributed by atoms with Crippen LogP contribution in [0.1, 0.15) is 66.7 Å². The van der Waals surface area contributed by atoms with E-state index in [0.717, 1.165) is 19.3 Å². The molecule has 6 heteroatoms. The second kappa shape index (κ2) is 7.99. The Bertz CT molecular complexity index is 411. The lowest BCUT2D eigenvalue weighted by atomic mass is 9.97. The van der Waals surface area contributed by atoms with Crippen LogP contribution in [0.5, 0.6) is 0 Å². The molecule has 2 amide bonds. The predicted octanol–water partition coefficient (Wildman–Crippen LogP) is 2.35. The third-order valence-electron chi connectivity index (χ3n) is 4.29. The molecule has 0 saturated heterocycles. The number of carbonyl (C=O) groups is 2. The molecule has 6 nitrogen and oxygen atoms in total. The normalized spacial score (nSPS) is 19.7. The van der Waals surface area contributed by atoms with E-state index in [1.807, 2.05) is 13.8 Å². The molecule has 1 saturated carbocycles. The maximum Gasteiger partial charge on any atom is 0.408 e. The summed E-state index contributed by atoms with van der Waals surface area (Å²) in [5, 5.41) is 15.8. The number of aliphatic hydroxyl groups is 1. The van der Waals surface area contributed by atoms with Gasteiger partial charge < -0.3 is 20.5 Å². The highest BCUT2D eigenvalue weighted by molar-refractivity contribution is 5.86. The van der Waals surface area contributed by atoms with E-state index in [0.29, 0.717) is 12.8 Å². The molecule has 23 heavy (non-hydrogen) atoms. The first-order chi connectivity index (χ1) is 10.6. The van der Waals surface area contributed by atoms with Crippen molar-refractivity contribution in [2.75, 3.05) is 6.54 Å². The van der Waals surface area contributed by atoms with Crippen LogP contribution in [0, 0.1) is 5.92 Å². The molecule has 0 aliphatic heterocycles. The smallest absolute Gasteiger partial charge is 0.408 e. The molecular weight excluding hydrogens is 296 g/mol. The second-order valence-corrected chi connectivity index (χ2v) is 7.66. The van der Waals surface area contributed by atoms with Crippen LogP contribution in [0.25, 0.3) is 0 Å². The topological polar surface area (TPSA) is 87.7 Å². The molecule has 0 heterocycles. The third-order valence-corrected chi connectivity index (χ3v) is 4.29. The van der Waals surface area contributed by atoms with Crippen molar-refractivity contribution in [2.45, 2.75) is 84.0 Å². The Balaban J connectivity index is 2.62. The van der Waals surface area contributed by atoms with Crippen molar-refractivity contribution < 1.29 is 19.4 Å². The van der Waals surface area contributed by atoms with Crippen LogP contribution in [-0.2, 0) is 9.53 Å². The van der Waals surface area contributed by atoms with Gasteiger partial charge in [-0.2, -0.15) is 0 Å². The van der Waals surface area contributed by atoms with Gasteiger partial charge >= 0.3 is 6.09 Å². The number of ether oxygens (including phenoxy) is 1. The van der Waals surface area contributed by atoms with Crippen LogP contribution < -0.4 is 10.6 Å². The van der Waals surface area contributed by atoms with Gasteiger partial charge in [-0.25, -0.2) is 4.79 Å². The van der Waals surface area contributed by atoms with Crippen molar-refractivity contribution in [3.63, 3.8) is 0 Å². The first-order valence-electron chi connectivity index (χ1n) is 8.56. The van der Waals surface area contributed by atoms with Crippen molar-refractivity contribution in [3.05, 3.63) is 0 Å². The fourth-order valence-corrected chi connectivity index (χ4v) is 2.71. The number of hydrogen-bond donors (Lipinski definition) is 3. The molecule has 1 rings (SSSR count). The standard InChI is InChI=1S/C17H32N2O4/c1-6-12(2)13(19-15(21)23-16(3,4)5)14(20)18-11-17(22)9-7-8-10-17/h12-13,22H,6-11H2,1-5H3,(H,18,20)(H,19,21). The zero-order valence-corrected chi connectivity index (χ0v) is 15.1. The molecule has 0 radical (unpaired) electrons. The molecule has 0 bridgehead atoms. The van der Waals surface area contributed by atoms with Gasteiger partial charge in [-0.05, 0) is 39.5 Å². The maximum absolute atomic E-state index is 12.5. The van der Waals surface area contributed by atoms with E-state index < -0.39 is 23.3 Å². The summed E-state index contributed by atoms with van der Waals surface area (Å²) in [6.45, 7) is 9.44. The Labute approximate surface area is 139 Å². The number of amides is 2. The van der Waals surface area contributed by atoms with Gasteiger partial charge in [-0.1, -0.05) is 33.1 Å². The van der Waals surface area contributed by atoms with Crippen LogP contribution in [-0.4, -0.2) is 40.9 Å². The number of carbonyl (C=O) groups excluding carboxylic acids is 2. The van der Waals surface area contributed by atoms with E-state index in [4.69, 9.17) is 4.74 Å². The van der Waals surface area contributed by atoms with Gasteiger partial charge in [-0.3, -0.25) is 4.79 Å². The average molecular weight is 328 g/mol. The molecule has 1 fully saturated rings. The highest BCUT2D eigenvalue weighted by Crippen LogP contribution is 2.28. The van der Waals surface area contributed by atoms with Gasteiger partial charge in [0.05, 0.1) is 5.60 Å². The highest BCUT2D eigenvalue weighted by atomic mass is 16.6. The van der Waals surface area contributed by atoms with Crippen LogP contribution in [0.4, 0.5) is 4.79 Å². The minimum Gasteiger partial charge on any atom is -0.444 e. The molecule has 1 aliphatic rings. The molecule has 0 aromatic heterocycles. The molecule has 0 aromatic rings. The number of alkyl carbamates (subject to hydrolysis) is 1. The Kier molecular flexibility index (Phi) is 6.86. The van der Waals surface area contributed by atoms with Gasteiger partial charge in [0.1, 0.15) is 11.6 Å². The van der Waals surface area contributed by atoms with Crippen molar-refractivity contribution in [2.24, 2.45) is 5.92 Å². The van der Waals surface area contributed by atoms with Gasteiger partial charge in [0.15, 0.2) is 0 Å². The van der Waals surface area contributed by atoms with Crippen LogP contribution >= 0.6 is 0 Å². The van der Waals surface area contributed by atoms with Crippen LogP contribution in [0.3, 0.4) is 0 Å². The Morgan fingerprint density at radius 1 is 1.26 bits per heavy atom. The Morgan fingerprint density at radius 2 is 1.83 bits per heavy atom. The molecule has 1 aliphatic carbocycles. The van der Waals surface area contributed by atoms with E-state index in [1.165, 1.54) is 0 Å². The molecule has 3 N–H and O–H groups in total. The summed E-state index contributed by atoms with van der Waals surface area (Å²) >= 11 is 0. The molecule has 0 spiro atoms. The summed E-state index contributed by atoms with van der Waals surface area (Å²) in [5.74, 6) is -0.300. The fourth-order valence-electron chi connectivity index (χ4n) is 2.71. The Morgan fingerprint density at radius 3 is 2.30 bits per heavy atom. The third kappa shape index (κ3) is 6.77. The zero-order valence-electron chi connectivity index (χ0n) is 15.1. The predicted molar refractivity (Wildman–Crippen MR) is 89.0 cm³/mol. The van der Waals surface area contributed by atoms with Crippen molar-refractivity contribution in [1.29, 1.82) is 0 Å². The lowest BCUT2D eigenvalue weighted by molar-refractivity contribution is -0.125. The largest absolute Gasteiger partial charge is 0.444 e. The lowest BCUT2D eigenvalue weighted by Crippen LogP contribution is -2.53. The van der Waals surface area contributed by atoms with Crippen molar-refractivity contribution in [1.82, 2.24) is 10.6 Å². The number of rotatable bonds is 6. The summed E-state index contributed by atoms with van der Waals surface area (Å²) in [7, 11) is 0. The molecular formula is C17H32N2O4. The fraction of sp³-hybridized carbons (Fsp3) is 0.882. The van der Waals surface area contributed by atoms with E-state index in [-0.39, 0.29) is 18.4 Å². The van der Waals surface area contributed by atoms with Crippen LogP contribution in [0.2, 0.25) is 0 Å². The molecule has 2 atom stereocenters. The van der Waals surface area contributed by atoms with E-state index in [2.05, 4.69) is 10.6 Å². The lowest BCUT2D eigenvalue weighted by Gasteiger charge is -2.28. The maximum atomic E-state index is 12.5. The molecule has 2 unspecified atom stereocenters. The summed E-state index contributed by atoms with van der Waals surface area (Å²) in [5.41, 5.74) is -1.42. The first-order valence-corrected chi connectivity index (χ1v) is 8.56. The van der Waals surface area contributed by atoms with Crippen LogP contribution in [0.15, 0.2) is 0 Å². The van der Waals surface area contributed by atoms with Gasteiger partial charge in [0, 0.05) is 6.54 Å². The molecule has 0 aromatic carbocycles. The Hall–Kier alpha value is -1.30. The quantitative estimate of drug-likeness (QED) is 0.698. The number of hydrogen-bond acceptors (Lipinski definition) is 4. The SMILES string of the molecule is CCC(C)C(NC(=O)OC(C)(C)C)C(=O)NCC1(O)CCCC1. The summed E-state index contributed by atoms with van der Waals surface area (Å²) in [4.78, 5) is 24.4. The molecule has 134 valence electrons. The second-order valence-electron chi connectivity index (χ2n) is 7.66. The minimum atomic E-state index is -0.804. The van der Waals surface area contributed by atoms with E-state index >= 15 is 0 Å². The van der Waals surface area contributed by atoms with Gasteiger partial charge in [0.2, 0.25) is 5.91 Å². The average Bonchev–Trinajstić information content (AvgIpc) is 2.87. The monoisotopic (exact) mass is 328 g/mol. The number of nitrogens with one attached hydrogen (secondary N) is 2. The summed E-state index contributed by atoms with van der Waals surface area (Å²) in [6.07, 6.45) is 3.53. The minimum absolute atomic E-state index is 0.0271. The highest BCUT2D eigenvalue weighted by Gasteiger charge is 2.34. The van der Waals surface area contributed by atoms with E-state index in [1.54, 1.807) is 20.8 Å². The van der Waals surface area contributed by atoms with Crippen molar-refractivity contribution in [3.8, 4) is 0 Å². The van der Waals surface area contributed by atoms with E-state index in [9.17, 15) is 14.7 Å². The first kappa shape index (κ1) is 19.7. The van der Waals surface area contributed by atoms with Crippen molar-refractivity contribution >= 4 is 12.0 Å². The summed E-state index contributed by atoms with van der Waals surface area (Å²) < 4.78 is 5.23. The summed E-state index contributed by atoms with van der Waals surface area (Å²) in [6, 6.07) is -0.667.